The van der Waals surface area contributed by atoms with Crippen molar-refractivity contribution in [3.63, 3.8) is 0 Å². The molecule has 2 aliphatic carbocycles. The Labute approximate surface area is 115 Å². The summed E-state index contributed by atoms with van der Waals surface area (Å²) in [5, 5.41) is 0. The Morgan fingerprint density at radius 3 is 2.33 bits per heavy atom. The van der Waals surface area contributed by atoms with E-state index in [-0.39, 0.29) is 5.91 Å². The number of thiocarbonyl (C=S) groups is 1. The van der Waals surface area contributed by atoms with E-state index in [1.54, 1.807) is 0 Å². The molecular formula is C14H24N2OS. The van der Waals surface area contributed by atoms with Crippen LogP contribution in [-0.4, -0.2) is 28.4 Å². The molecule has 0 aromatic heterocycles. The van der Waals surface area contributed by atoms with Gasteiger partial charge in [-0.05, 0) is 37.5 Å². The number of hydrogen-bond donors (Lipinski definition) is 1. The fraction of sp³-hybridized carbons (Fsp3) is 0.857. The second-order valence-electron chi connectivity index (χ2n) is 6.54. The summed E-state index contributed by atoms with van der Waals surface area (Å²) >= 11 is 5.18. The van der Waals surface area contributed by atoms with E-state index in [9.17, 15) is 4.79 Å². The molecule has 2 N–H and O–H groups in total. The third-order valence-electron chi connectivity index (χ3n) is 4.09. The minimum Gasteiger partial charge on any atom is -0.392 e. The Bertz CT molecular complexity index is 357. The normalized spacial score (nSPS) is 31.0. The molecule has 0 heterocycles. The van der Waals surface area contributed by atoms with Crippen LogP contribution in [0, 0.1) is 17.3 Å². The average molecular weight is 268 g/mol. The predicted octanol–water partition coefficient (Wildman–Crippen LogP) is 2.34. The van der Waals surface area contributed by atoms with E-state index in [4.69, 9.17) is 18.0 Å². The van der Waals surface area contributed by atoms with E-state index in [0.29, 0.717) is 22.9 Å². The Morgan fingerprint density at radius 2 is 2.00 bits per heavy atom. The highest BCUT2D eigenvalue weighted by Crippen LogP contribution is 2.48. The lowest BCUT2D eigenvalue weighted by atomic mass is 9.61. The smallest absolute Gasteiger partial charge is 0.235 e. The summed E-state index contributed by atoms with van der Waals surface area (Å²) < 4.78 is 0. The van der Waals surface area contributed by atoms with Crippen molar-refractivity contribution in [2.75, 3.05) is 6.54 Å². The first-order valence-corrected chi connectivity index (χ1v) is 7.38. The van der Waals surface area contributed by atoms with Crippen LogP contribution in [0.2, 0.25) is 0 Å². The molecule has 18 heavy (non-hydrogen) atoms. The fourth-order valence-electron chi connectivity index (χ4n) is 3.06. The zero-order valence-electron chi connectivity index (χ0n) is 11.6. The molecule has 2 aliphatic rings. The Kier molecular flexibility index (Phi) is 3.67. The van der Waals surface area contributed by atoms with Crippen molar-refractivity contribution in [1.29, 1.82) is 0 Å². The first kappa shape index (κ1) is 13.8. The highest BCUT2D eigenvalue weighted by atomic mass is 32.1. The summed E-state index contributed by atoms with van der Waals surface area (Å²) in [5.74, 6) is 1.26. The van der Waals surface area contributed by atoms with Crippen LogP contribution in [0.25, 0.3) is 0 Å². The van der Waals surface area contributed by atoms with Gasteiger partial charge in [0.05, 0.1) is 10.4 Å². The van der Waals surface area contributed by atoms with Gasteiger partial charge in [-0.3, -0.25) is 4.79 Å². The Hall–Kier alpha value is -0.640. The highest BCUT2D eigenvalue weighted by molar-refractivity contribution is 7.80. The summed E-state index contributed by atoms with van der Waals surface area (Å²) in [7, 11) is 0. The number of nitrogens with two attached hydrogens (primary N) is 1. The van der Waals surface area contributed by atoms with E-state index in [1.807, 2.05) is 0 Å². The maximum Gasteiger partial charge on any atom is 0.235 e. The molecule has 0 atom stereocenters. The van der Waals surface area contributed by atoms with Gasteiger partial charge in [-0.25, -0.2) is 0 Å². The predicted molar refractivity (Wildman–Crippen MR) is 77.2 cm³/mol. The van der Waals surface area contributed by atoms with Crippen LogP contribution < -0.4 is 5.73 Å². The standard InChI is InChI=1S/C14H24N2OS/c1-9(2)8-16(11-4-5-11)13(17)14(12(15)18)6-10(3)7-14/h9-11H,4-8H2,1-3H3,(H2,15,18). The van der Waals surface area contributed by atoms with Gasteiger partial charge in [-0.1, -0.05) is 33.0 Å². The average Bonchev–Trinajstić information content (AvgIpc) is 3.03. The van der Waals surface area contributed by atoms with Crippen molar-refractivity contribution >= 4 is 23.1 Å². The van der Waals surface area contributed by atoms with Crippen molar-refractivity contribution in [3.05, 3.63) is 0 Å². The molecule has 0 saturated heterocycles. The van der Waals surface area contributed by atoms with Gasteiger partial charge in [0.2, 0.25) is 5.91 Å². The van der Waals surface area contributed by atoms with E-state index >= 15 is 0 Å². The summed E-state index contributed by atoms with van der Waals surface area (Å²) in [6.45, 7) is 7.30. The number of amides is 1. The molecule has 0 radical (unpaired) electrons. The molecule has 0 unspecified atom stereocenters. The van der Waals surface area contributed by atoms with Crippen molar-refractivity contribution < 1.29 is 4.79 Å². The van der Waals surface area contributed by atoms with Crippen molar-refractivity contribution in [1.82, 2.24) is 4.90 Å². The van der Waals surface area contributed by atoms with Crippen molar-refractivity contribution in [2.45, 2.75) is 52.5 Å². The summed E-state index contributed by atoms with van der Waals surface area (Å²) in [6.07, 6.45) is 3.95. The molecule has 0 bridgehead atoms. The Morgan fingerprint density at radius 1 is 1.44 bits per heavy atom. The second kappa shape index (κ2) is 4.80. The molecule has 102 valence electrons. The van der Waals surface area contributed by atoms with Gasteiger partial charge in [0.25, 0.3) is 0 Å². The molecule has 2 fully saturated rings. The summed E-state index contributed by atoms with van der Waals surface area (Å²) in [5.41, 5.74) is 5.35. The highest BCUT2D eigenvalue weighted by Gasteiger charge is 2.54. The minimum absolute atomic E-state index is 0.198. The first-order chi connectivity index (χ1) is 8.36. The van der Waals surface area contributed by atoms with Crippen LogP contribution in [0.4, 0.5) is 0 Å². The molecular weight excluding hydrogens is 244 g/mol. The zero-order chi connectivity index (χ0) is 13.5. The van der Waals surface area contributed by atoms with Gasteiger partial charge in [-0.2, -0.15) is 0 Å². The third kappa shape index (κ3) is 2.40. The quantitative estimate of drug-likeness (QED) is 0.779. The molecule has 3 nitrogen and oxygen atoms in total. The van der Waals surface area contributed by atoms with E-state index in [0.717, 1.165) is 32.2 Å². The van der Waals surface area contributed by atoms with Gasteiger partial charge in [0.1, 0.15) is 0 Å². The van der Waals surface area contributed by atoms with Gasteiger partial charge < -0.3 is 10.6 Å². The lowest BCUT2D eigenvalue weighted by Crippen LogP contribution is -2.58. The first-order valence-electron chi connectivity index (χ1n) is 6.98. The number of rotatable bonds is 5. The van der Waals surface area contributed by atoms with Crippen LogP contribution >= 0.6 is 12.2 Å². The second-order valence-corrected chi connectivity index (χ2v) is 6.98. The van der Waals surface area contributed by atoms with Crippen LogP contribution in [0.3, 0.4) is 0 Å². The van der Waals surface area contributed by atoms with E-state index in [2.05, 4.69) is 25.7 Å². The Balaban J connectivity index is 2.14. The topological polar surface area (TPSA) is 46.3 Å². The number of carbonyl (C=O) groups excluding carboxylic acids is 1. The van der Waals surface area contributed by atoms with Crippen molar-refractivity contribution in [3.8, 4) is 0 Å². The lowest BCUT2D eigenvalue weighted by molar-refractivity contribution is -0.145. The third-order valence-corrected chi connectivity index (χ3v) is 4.48. The van der Waals surface area contributed by atoms with Crippen LogP contribution in [0.1, 0.15) is 46.5 Å². The minimum atomic E-state index is -0.522. The van der Waals surface area contributed by atoms with Crippen LogP contribution in [-0.2, 0) is 4.79 Å². The number of carbonyl (C=O) groups is 1. The lowest BCUT2D eigenvalue weighted by Gasteiger charge is -2.47. The molecule has 2 rings (SSSR count). The summed E-state index contributed by atoms with van der Waals surface area (Å²) in [4.78, 5) is 15.3. The van der Waals surface area contributed by atoms with Gasteiger partial charge in [0, 0.05) is 12.6 Å². The molecule has 0 aliphatic heterocycles. The van der Waals surface area contributed by atoms with E-state index < -0.39 is 5.41 Å². The molecule has 4 heteroatoms. The monoisotopic (exact) mass is 268 g/mol. The van der Waals surface area contributed by atoms with Gasteiger partial charge in [-0.15, -0.1) is 0 Å². The molecule has 0 spiro atoms. The molecule has 0 aromatic rings. The maximum absolute atomic E-state index is 12.8. The van der Waals surface area contributed by atoms with E-state index in [1.165, 1.54) is 0 Å². The van der Waals surface area contributed by atoms with Crippen LogP contribution in [0.5, 0.6) is 0 Å². The van der Waals surface area contributed by atoms with Crippen LogP contribution in [0.15, 0.2) is 0 Å². The maximum atomic E-state index is 12.8. The number of hydrogen-bond acceptors (Lipinski definition) is 2. The molecule has 2 saturated carbocycles. The number of nitrogens with zero attached hydrogens (tertiary/aromatic N) is 1. The largest absolute Gasteiger partial charge is 0.392 e. The van der Waals surface area contributed by atoms with Gasteiger partial charge >= 0.3 is 0 Å². The SMILES string of the molecule is CC(C)CN(C(=O)C1(C(N)=S)CC(C)C1)C1CC1. The fourth-order valence-corrected chi connectivity index (χ4v) is 3.32. The molecule has 1 amide bonds. The van der Waals surface area contributed by atoms with Crippen molar-refractivity contribution in [2.24, 2.45) is 23.0 Å². The van der Waals surface area contributed by atoms with Gasteiger partial charge in [0.15, 0.2) is 0 Å². The molecule has 0 aromatic carbocycles. The summed E-state index contributed by atoms with van der Waals surface area (Å²) in [6, 6.07) is 0.446. The zero-order valence-corrected chi connectivity index (χ0v) is 12.4.